The first-order valence-corrected chi connectivity index (χ1v) is 7.22. The van der Waals surface area contributed by atoms with Crippen LogP contribution in [0, 0.1) is 0 Å². The highest BCUT2D eigenvalue weighted by Gasteiger charge is 2.05. The first kappa shape index (κ1) is 14.8. The van der Waals surface area contributed by atoms with Gasteiger partial charge in [0.05, 0.1) is 10.7 Å². The molecule has 0 aliphatic rings. The number of benzene rings is 2. The van der Waals surface area contributed by atoms with Crippen molar-refractivity contribution in [3.8, 4) is 0 Å². The van der Waals surface area contributed by atoms with E-state index in [0.29, 0.717) is 15.9 Å². The molecule has 0 amide bonds. The van der Waals surface area contributed by atoms with Gasteiger partial charge in [-0.3, -0.25) is 0 Å². The van der Waals surface area contributed by atoms with Gasteiger partial charge in [0.1, 0.15) is 4.99 Å². The molecule has 2 rings (SSSR count). The Morgan fingerprint density at radius 2 is 1.95 bits per heavy atom. The molecule has 0 heterocycles. The van der Waals surface area contributed by atoms with Crippen LogP contribution in [0.3, 0.4) is 0 Å². The Kier molecular flexibility index (Phi) is 4.63. The summed E-state index contributed by atoms with van der Waals surface area (Å²) in [4.78, 5) is 0.347. The zero-order chi connectivity index (χ0) is 14.7. The monoisotopic (exact) mass is 304 g/mol. The van der Waals surface area contributed by atoms with E-state index in [1.807, 2.05) is 24.3 Å². The van der Waals surface area contributed by atoms with Crippen LogP contribution in [0.5, 0.6) is 0 Å². The summed E-state index contributed by atoms with van der Waals surface area (Å²) in [5.41, 5.74) is 9.50. The van der Waals surface area contributed by atoms with E-state index in [9.17, 15) is 0 Å². The van der Waals surface area contributed by atoms with Gasteiger partial charge in [0.25, 0.3) is 0 Å². The predicted octanol–water partition coefficient (Wildman–Crippen LogP) is 4.84. The topological polar surface area (TPSA) is 38.0 Å². The van der Waals surface area contributed by atoms with Crippen LogP contribution in [-0.4, -0.2) is 4.99 Å². The minimum absolute atomic E-state index is 0.347. The molecule has 0 radical (unpaired) electrons. The van der Waals surface area contributed by atoms with Gasteiger partial charge in [-0.25, -0.2) is 0 Å². The minimum Gasteiger partial charge on any atom is -0.389 e. The molecule has 20 heavy (non-hydrogen) atoms. The van der Waals surface area contributed by atoms with Gasteiger partial charge in [-0.2, -0.15) is 0 Å². The fourth-order valence-corrected chi connectivity index (χ4v) is 2.26. The van der Waals surface area contributed by atoms with Gasteiger partial charge in [-0.1, -0.05) is 49.8 Å². The second-order valence-corrected chi connectivity index (χ2v) is 5.81. The normalized spacial score (nSPS) is 10.6. The molecule has 2 nitrogen and oxygen atoms in total. The second-order valence-electron chi connectivity index (χ2n) is 4.96. The highest BCUT2D eigenvalue weighted by molar-refractivity contribution is 7.80. The lowest BCUT2D eigenvalue weighted by Crippen LogP contribution is -2.09. The summed E-state index contributed by atoms with van der Waals surface area (Å²) in [6.45, 7) is 4.34. The van der Waals surface area contributed by atoms with Crippen LogP contribution >= 0.6 is 23.8 Å². The number of anilines is 2. The molecule has 0 saturated heterocycles. The van der Waals surface area contributed by atoms with Crippen molar-refractivity contribution < 1.29 is 0 Å². The average Bonchev–Trinajstić information content (AvgIpc) is 2.41. The highest BCUT2D eigenvalue weighted by Crippen LogP contribution is 2.28. The summed E-state index contributed by atoms with van der Waals surface area (Å²) >= 11 is 11.2. The predicted molar refractivity (Wildman–Crippen MR) is 91.2 cm³/mol. The third-order valence-electron chi connectivity index (χ3n) is 3.09. The Bertz CT molecular complexity index is 638. The van der Waals surface area contributed by atoms with Crippen LogP contribution in [0.2, 0.25) is 5.02 Å². The number of nitrogens with two attached hydrogens (primary N) is 1. The SMILES string of the molecule is CC(C)c1cccc(Nc2ccc(C(N)=S)cc2Cl)c1. The summed E-state index contributed by atoms with van der Waals surface area (Å²) in [5, 5.41) is 3.92. The van der Waals surface area contributed by atoms with Crippen molar-refractivity contribution in [3.05, 3.63) is 58.6 Å². The van der Waals surface area contributed by atoms with Crippen LogP contribution in [0.25, 0.3) is 0 Å². The van der Waals surface area contributed by atoms with E-state index >= 15 is 0 Å². The summed E-state index contributed by atoms with van der Waals surface area (Å²) in [5.74, 6) is 0.490. The Labute approximate surface area is 130 Å². The van der Waals surface area contributed by atoms with Gasteiger partial charge >= 0.3 is 0 Å². The molecule has 104 valence electrons. The Morgan fingerprint density at radius 3 is 2.55 bits per heavy atom. The Hall–Kier alpha value is -1.58. The van der Waals surface area contributed by atoms with E-state index in [-0.39, 0.29) is 0 Å². The summed E-state index contributed by atoms with van der Waals surface area (Å²) in [7, 11) is 0. The number of thiocarbonyl (C=S) groups is 1. The third kappa shape index (κ3) is 3.50. The van der Waals surface area contributed by atoms with E-state index in [2.05, 4.69) is 31.3 Å². The fourth-order valence-electron chi connectivity index (χ4n) is 1.90. The summed E-state index contributed by atoms with van der Waals surface area (Å²) in [6.07, 6.45) is 0. The summed E-state index contributed by atoms with van der Waals surface area (Å²) in [6, 6.07) is 13.8. The zero-order valence-electron chi connectivity index (χ0n) is 11.5. The zero-order valence-corrected chi connectivity index (χ0v) is 13.1. The minimum atomic E-state index is 0.347. The van der Waals surface area contributed by atoms with Crippen LogP contribution < -0.4 is 11.1 Å². The molecule has 0 atom stereocenters. The van der Waals surface area contributed by atoms with Crippen molar-refractivity contribution in [1.29, 1.82) is 0 Å². The largest absolute Gasteiger partial charge is 0.389 e. The molecule has 0 aromatic heterocycles. The van der Waals surface area contributed by atoms with Crippen molar-refractivity contribution >= 4 is 40.2 Å². The first-order chi connectivity index (χ1) is 9.47. The maximum atomic E-state index is 6.25. The first-order valence-electron chi connectivity index (χ1n) is 6.43. The van der Waals surface area contributed by atoms with E-state index in [1.165, 1.54) is 5.56 Å². The average molecular weight is 305 g/mol. The molecule has 0 unspecified atom stereocenters. The van der Waals surface area contributed by atoms with Gasteiger partial charge in [-0.05, 0) is 41.8 Å². The number of rotatable bonds is 4. The van der Waals surface area contributed by atoms with Crippen molar-refractivity contribution in [2.45, 2.75) is 19.8 Å². The molecule has 0 saturated carbocycles. The van der Waals surface area contributed by atoms with Crippen LogP contribution in [0.15, 0.2) is 42.5 Å². The van der Waals surface area contributed by atoms with Gasteiger partial charge in [0.2, 0.25) is 0 Å². The van der Waals surface area contributed by atoms with E-state index in [4.69, 9.17) is 29.6 Å². The fraction of sp³-hybridized carbons (Fsp3) is 0.188. The maximum absolute atomic E-state index is 6.25. The van der Waals surface area contributed by atoms with E-state index in [1.54, 1.807) is 6.07 Å². The van der Waals surface area contributed by atoms with Crippen molar-refractivity contribution in [1.82, 2.24) is 0 Å². The lowest BCUT2D eigenvalue weighted by atomic mass is 10.0. The van der Waals surface area contributed by atoms with Crippen LogP contribution in [-0.2, 0) is 0 Å². The molecule has 2 aromatic carbocycles. The summed E-state index contributed by atoms with van der Waals surface area (Å²) < 4.78 is 0. The second kappa shape index (κ2) is 6.25. The molecule has 4 heteroatoms. The number of hydrogen-bond donors (Lipinski definition) is 2. The number of nitrogens with one attached hydrogen (secondary N) is 1. The van der Waals surface area contributed by atoms with Crippen LogP contribution in [0.4, 0.5) is 11.4 Å². The molecule has 0 fully saturated rings. The van der Waals surface area contributed by atoms with Crippen molar-refractivity contribution in [3.63, 3.8) is 0 Å². The van der Waals surface area contributed by atoms with Crippen molar-refractivity contribution in [2.75, 3.05) is 5.32 Å². The molecule has 0 aliphatic heterocycles. The molecule has 0 spiro atoms. The lowest BCUT2D eigenvalue weighted by Gasteiger charge is -2.12. The quantitative estimate of drug-likeness (QED) is 0.794. The number of halogens is 1. The van der Waals surface area contributed by atoms with Gasteiger partial charge in [0.15, 0.2) is 0 Å². The maximum Gasteiger partial charge on any atom is 0.104 e. The molecule has 3 N–H and O–H groups in total. The lowest BCUT2D eigenvalue weighted by molar-refractivity contribution is 0.867. The Balaban J connectivity index is 2.26. The van der Waals surface area contributed by atoms with E-state index < -0.39 is 0 Å². The standard InChI is InChI=1S/C16H17ClN2S/c1-10(2)11-4-3-5-13(8-11)19-15-7-6-12(16(18)20)9-14(15)17/h3-10,19H,1-2H3,(H2,18,20). The van der Waals surface area contributed by atoms with Crippen molar-refractivity contribution in [2.24, 2.45) is 5.73 Å². The number of hydrogen-bond acceptors (Lipinski definition) is 2. The van der Waals surface area contributed by atoms with Gasteiger partial charge in [0, 0.05) is 11.3 Å². The highest BCUT2D eigenvalue weighted by atomic mass is 35.5. The molecular formula is C16H17ClN2S. The molecule has 0 bridgehead atoms. The third-order valence-corrected chi connectivity index (χ3v) is 3.63. The van der Waals surface area contributed by atoms with Gasteiger partial charge < -0.3 is 11.1 Å². The molecular weight excluding hydrogens is 288 g/mol. The van der Waals surface area contributed by atoms with Crippen LogP contribution in [0.1, 0.15) is 30.9 Å². The Morgan fingerprint density at radius 1 is 1.20 bits per heavy atom. The van der Waals surface area contributed by atoms with E-state index in [0.717, 1.165) is 16.9 Å². The smallest absolute Gasteiger partial charge is 0.104 e. The van der Waals surface area contributed by atoms with Gasteiger partial charge in [-0.15, -0.1) is 0 Å². The molecule has 2 aromatic rings. The molecule has 0 aliphatic carbocycles.